The zero-order valence-corrected chi connectivity index (χ0v) is 5.96. The van der Waals surface area contributed by atoms with E-state index >= 15 is 0 Å². The van der Waals surface area contributed by atoms with Crippen LogP contribution in [0.3, 0.4) is 0 Å². The van der Waals surface area contributed by atoms with Gasteiger partial charge in [0.2, 0.25) is 0 Å². The van der Waals surface area contributed by atoms with Crippen molar-refractivity contribution in [2.75, 3.05) is 7.05 Å². The maximum Gasteiger partial charge on any atom is 0.0717 e. The van der Waals surface area contributed by atoms with Gasteiger partial charge in [0.15, 0.2) is 0 Å². The minimum atomic E-state index is 1.11. The molecular formula is C6H9NS. The summed E-state index contributed by atoms with van der Waals surface area (Å²) >= 11 is 1.68. The molecule has 0 atom stereocenters. The van der Waals surface area contributed by atoms with Gasteiger partial charge in [0.05, 0.1) is 5.03 Å². The van der Waals surface area contributed by atoms with Gasteiger partial charge >= 0.3 is 0 Å². The Morgan fingerprint density at radius 3 is 2.50 bits per heavy atom. The highest BCUT2D eigenvalue weighted by Crippen LogP contribution is 2.30. The third kappa shape index (κ3) is 0.757. The first-order chi connectivity index (χ1) is 3.72. The lowest BCUT2D eigenvalue weighted by Gasteiger charge is -2.11. The average Bonchev–Trinajstić information content (AvgIpc) is 1.98. The van der Waals surface area contributed by atoms with Crippen molar-refractivity contribution >= 4 is 11.8 Å². The molecule has 0 aliphatic carbocycles. The molecule has 1 aliphatic rings. The fraction of sp³-hybridized carbons (Fsp3) is 0.333. The third-order valence-corrected chi connectivity index (χ3v) is 2.27. The van der Waals surface area contributed by atoms with Gasteiger partial charge in [0, 0.05) is 12.7 Å². The normalized spacial score (nSPS) is 19.5. The molecule has 8 heavy (non-hydrogen) atoms. The van der Waals surface area contributed by atoms with Crippen LogP contribution < -0.4 is 0 Å². The Morgan fingerprint density at radius 2 is 2.38 bits per heavy atom. The van der Waals surface area contributed by atoms with E-state index in [-0.39, 0.29) is 0 Å². The van der Waals surface area contributed by atoms with Crippen LogP contribution in [-0.2, 0) is 0 Å². The highest BCUT2D eigenvalue weighted by atomic mass is 32.2. The summed E-state index contributed by atoms with van der Waals surface area (Å²) in [6.07, 6.45) is 0. The monoisotopic (exact) mass is 127 g/mol. The number of thioether (sulfide) groups is 1. The van der Waals surface area contributed by atoms with Crippen LogP contribution in [0, 0.1) is 0 Å². The summed E-state index contributed by atoms with van der Waals surface area (Å²) < 4.78 is 0. The van der Waals surface area contributed by atoms with Crippen LogP contribution >= 0.6 is 11.8 Å². The fourth-order valence-corrected chi connectivity index (χ4v) is 1.27. The standard InChI is InChI=1S/C6H9NS/c1-5-4-8-6(2)7(5)3/h4H,2H2,1,3H3. The first-order valence-corrected chi connectivity index (χ1v) is 3.36. The molecule has 0 saturated carbocycles. The minimum Gasteiger partial charge on any atom is -0.343 e. The first kappa shape index (κ1) is 5.76. The third-order valence-electron chi connectivity index (χ3n) is 1.27. The molecule has 0 spiro atoms. The summed E-state index contributed by atoms with van der Waals surface area (Å²) in [4.78, 5) is 2.07. The maximum atomic E-state index is 3.82. The van der Waals surface area contributed by atoms with Crippen molar-refractivity contribution in [1.82, 2.24) is 4.90 Å². The smallest absolute Gasteiger partial charge is 0.0717 e. The van der Waals surface area contributed by atoms with Gasteiger partial charge in [-0.25, -0.2) is 0 Å². The summed E-state index contributed by atoms with van der Waals surface area (Å²) in [6, 6.07) is 0. The van der Waals surface area contributed by atoms with Gasteiger partial charge in [-0.2, -0.15) is 0 Å². The molecule has 44 valence electrons. The first-order valence-electron chi connectivity index (χ1n) is 2.48. The minimum absolute atomic E-state index is 1.11. The largest absolute Gasteiger partial charge is 0.343 e. The van der Waals surface area contributed by atoms with Crippen LogP contribution in [0.2, 0.25) is 0 Å². The Labute approximate surface area is 54.1 Å². The van der Waals surface area contributed by atoms with Gasteiger partial charge < -0.3 is 4.90 Å². The van der Waals surface area contributed by atoms with E-state index in [9.17, 15) is 0 Å². The van der Waals surface area contributed by atoms with Gasteiger partial charge in [0.1, 0.15) is 0 Å². The molecule has 1 rings (SSSR count). The topological polar surface area (TPSA) is 3.24 Å². The Balaban J connectivity index is 2.72. The molecule has 1 nitrogen and oxygen atoms in total. The van der Waals surface area contributed by atoms with Crippen molar-refractivity contribution in [1.29, 1.82) is 0 Å². The van der Waals surface area contributed by atoms with Gasteiger partial charge in [-0.3, -0.25) is 0 Å². The summed E-state index contributed by atoms with van der Waals surface area (Å²) in [6.45, 7) is 5.90. The second-order valence-electron chi connectivity index (χ2n) is 1.83. The van der Waals surface area contributed by atoms with E-state index < -0.39 is 0 Å². The Hall–Kier alpha value is -0.370. The lowest BCUT2D eigenvalue weighted by atomic mass is 10.5. The molecule has 0 radical (unpaired) electrons. The van der Waals surface area contributed by atoms with Crippen molar-refractivity contribution in [3.63, 3.8) is 0 Å². The molecule has 0 amide bonds. The van der Waals surface area contributed by atoms with Crippen molar-refractivity contribution < 1.29 is 0 Å². The number of nitrogens with zero attached hydrogens (tertiary/aromatic N) is 1. The molecule has 2 heteroatoms. The van der Waals surface area contributed by atoms with E-state index in [1.807, 2.05) is 7.05 Å². The van der Waals surface area contributed by atoms with Gasteiger partial charge in [0.25, 0.3) is 0 Å². The van der Waals surface area contributed by atoms with Crippen LogP contribution in [0.15, 0.2) is 22.7 Å². The Morgan fingerprint density at radius 1 is 1.75 bits per heavy atom. The molecule has 0 bridgehead atoms. The summed E-state index contributed by atoms with van der Waals surface area (Å²) in [5, 5.41) is 3.21. The van der Waals surface area contributed by atoms with E-state index in [4.69, 9.17) is 0 Å². The summed E-state index contributed by atoms with van der Waals surface area (Å²) in [7, 11) is 2.02. The molecule has 0 aromatic rings. The van der Waals surface area contributed by atoms with Crippen LogP contribution in [0.25, 0.3) is 0 Å². The summed E-state index contributed by atoms with van der Waals surface area (Å²) in [5.74, 6) is 0. The van der Waals surface area contributed by atoms with Crippen molar-refractivity contribution in [3.8, 4) is 0 Å². The van der Waals surface area contributed by atoms with Crippen molar-refractivity contribution in [3.05, 3.63) is 22.7 Å². The number of rotatable bonds is 0. The Bertz CT molecular complexity index is 149. The highest BCUT2D eigenvalue weighted by Gasteiger charge is 2.09. The molecule has 0 saturated heterocycles. The van der Waals surface area contributed by atoms with Crippen molar-refractivity contribution in [2.45, 2.75) is 6.92 Å². The predicted octanol–water partition coefficient (Wildman–Crippen LogP) is 2.00. The van der Waals surface area contributed by atoms with E-state index in [0.29, 0.717) is 0 Å². The van der Waals surface area contributed by atoms with Crippen LogP contribution in [0.1, 0.15) is 6.92 Å². The molecule has 0 fully saturated rings. The molecule has 1 heterocycles. The predicted molar refractivity (Wildman–Crippen MR) is 38.3 cm³/mol. The van der Waals surface area contributed by atoms with Crippen LogP contribution in [0.4, 0.5) is 0 Å². The molecule has 0 unspecified atom stereocenters. The SMILES string of the molecule is C=C1SC=C(C)N1C. The maximum absolute atomic E-state index is 3.82. The van der Waals surface area contributed by atoms with Crippen molar-refractivity contribution in [2.24, 2.45) is 0 Å². The van der Waals surface area contributed by atoms with Gasteiger partial charge in [-0.15, -0.1) is 0 Å². The molecule has 0 N–H and O–H groups in total. The number of hydrogen-bond donors (Lipinski definition) is 0. The van der Waals surface area contributed by atoms with Crippen LogP contribution in [-0.4, -0.2) is 11.9 Å². The second kappa shape index (κ2) is 1.86. The van der Waals surface area contributed by atoms with E-state index in [1.165, 1.54) is 5.70 Å². The highest BCUT2D eigenvalue weighted by molar-refractivity contribution is 8.06. The lowest BCUT2D eigenvalue weighted by molar-refractivity contribution is 0.569. The second-order valence-corrected chi connectivity index (χ2v) is 2.77. The average molecular weight is 127 g/mol. The number of hydrogen-bond acceptors (Lipinski definition) is 2. The summed E-state index contributed by atoms with van der Waals surface area (Å²) in [5.41, 5.74) is 1.28. The van der Waals surface area contributed by atoms with E-state index in [1.54, 1.807) is 11.8 Å². The lowest BCUT2D eigenvalue weighted by Crippen LogP contribution is -2.06. The van der Waals surface area contributed by atoms with Gasteiger partial charge in [-0.1, -0.05) is 18.3 Å². The number of allylic oxidation sites excluding steroid dienone is 1. The zero-order chi connectivity index (χ0) is 6.15. The van der Waals surface area contributed by atoms with E-state index in [2.05, 4.69) is 23.8 Å². The molecule has 0 aromatic carbocycles. The molecule has 0 aromatic heterocycles. The molecular weight excluding hydrogens is 118 g/mol. The van der Waals surface area contributed by atoms with Gasteiger partial charge in [-0.05, 0) is 12.3 Å². The molecule has 1 aliphatic heterocycles. The quantitative estimate of drug-likeness (QED) is 0.489. The Kier molecular flexibility index (Phi) is 1.34. The zero-order valence-electron chi connectivity index (χ0n) is 5.14. The van der Waals surface area contributed by atoms with E-state index in [0.717, 1.165) is 5.03 Å². The van der Waals surface area contributed by atoms with Crippen LogP contribution in [0.5, 0.6) is 0 Å². The fourth-order valence-electron chi connectivity index (χ4n) is 0.508.